The minimum absolute atomic E-state index is 0.101. The number of hydrogen-bond acceptors (Lipinski definition) is 7. The SMILES string of the molecule is Cc1cccc(C)c1-n1nnnc1SCC(=O)N(C)c1ccccc1C(=O)NCc1ccco1. The van der Waals surface area contributed by atoms with Crippen LogP contribution in [-0.4, -0.2) is 44.8 Å². The number of tetrazole rings is 1. The van der Waals surface area contributed by atoms with E-state index in [0.29, 0.717) is 22.2 Å². The smallest absolute Gasteiger partial charge is 0.253 e. The molecule has 2 amide bonds. The van der Waals surface area contributed by atoms with Gasteiger partial charge in [-0.05, 0) is 59.7 Å². The van der Waals surface area contributed by atoms with Crippen LogP contribution in [0, 0.1) is 13.8 Å². The number of carbonyl (C=O) groups is 2. The first-order valence-corrected chi connectivity index (χ1v) is 11.6. The van der Waals surface area contributed by atoms with Gasteiger partial charge in [-0.2, -0.15) is 4.68 Å². The van der Waals surface area contributed by atoms with Crippen LogP contribution in [0.15, 0.2) is 70.4 Å². The number of para-hydroxylation sites is 2. The van der Waals surface area contributed by atoms with E-state index in [1.54, 1.807) is 54.4 Å². The second-order valence-corrected chi connectivity index (χ2v) is 8.58. The fourth-order valence-corrected chi connectivity index (χ4v) is 4.33. The molecule has 0 fully saturated rings. The predicted molar refractivity (Wildman–Crippen MR) is 129 cm³/mol. The van der Waals surface area contributed by atoms with Gasteiger partial charge in [-0.15, -0.1) is 5.10 Å². The van der Waals surface area contributed by atoms with Crippen molar-refractivity contribution < 1.29 is 14.0 Å². The van der Waals surface area contributed by atoms with Gasteiger partial charge in [0.25, 0.3) is 5.91 Å². The average molecular weight is 477 g/mol. The molecule has 0 saturated heterocycles. The van der Waals surface area contributed by atoms with Crippen LogP contribution in [0.2, 0.25) is 0 Å². The summed E-state index contributed by atoms with van der Waals surface area (Å²) in [5, 5.41) is 15.3. The Hall–Kier alpha value is -3.92. The van der Waals surface area contributed by atoms with E-state index in [0.717, 1.165) is 16.8 Å². The second-order valence-electron chi connectivity index (χ2n) is 7.63. The number of anilines is 1. The van der Waals surface area contributed by atoms with E-state index in [-0.39, 0.29) is 24.1 Å². The summed E-state index contributed by atoms with van der Waals surface area (Å²) in [5.41, 5.74) is 3.88. The lowest BCUT2D eigenvalue weighted by atomic mass is 10.1. The van der Waals surface area contributed by atoms with Gasteiger partial charge < -0.3 is 14.6 Å². The molecule has 0 atom stereocenters. The highest BCUT2D eigenvalue weighted by Gasteiger charge is 2.20. The molecule has 174 valence electrons. The number of aromatic nitrogens is 4. The summed E-state index contributed by atoms with van der Waals surface area (Å²) in [6.45, 7) is 4.24. The Morgan fingerprint density at radius 3 is 2.56 bits per heavy atom. The van der Waals surface area contributed by atoms with Crippen molar-refractivity contribution in [3.63, 3.8) is 0 Å². The molecule has 0 spiro atoms. The summed E-state index contributed by atoms with van der Waals surface area (Å²) in [4.78, 5) is 27.3. The number of carbonyl (C=O) groups excluding carboxylic acids is 2. The number of furan rings is 1. The molecule has 1 N–H and O–H groups in total. The van der Waals surface area contributed by atoms with Crippen molar-refractivity contribution >= 4 is 29.3 Å². The number of benzene rings is 2. The summed E-state index contributed by atoms with van der Waals surface area (Å²) >= 11 is 1.24. The van der Waals surface area contributed by atoms with Crippen LogP contribution in [0.1, 0.15) is 27.2 Å². The molecule has 0 saturated carbocycles. The standard InChI is InChI=1S/C24H24N6O3S/c1-16-8-6-9-17(2)22(16)30-24(26-27-28-30)34-15-21(31)29(3)20-12-5-4-11-19(20)23(32)25-14-18-10-7-13-33-18/h4-13H,14-15H2,1-3H3,(H,25,32). The van der Waals surface area contributed by atoms with Crippen LogP contribution in [0.3, 0.4) is 0 Å². The summed E-state index contributed by atoms with van der Waals surface area (Å²) in [6.07, 6.45) is 1.55. The topological polar surface area (TPSA) is 106 Å². The Labute approximate surface area is 201 Å². The maximum Gasteiger partial charge on any atom is 0.253 e. The minimum atomic E-state index is -0.293. The van der Waals surface area contributed by atoms with E-state index in [1.165, 1.54) is 16.7 Å². The summed E-state index contributed by atoms with van der Waals surface area (Å²) < 4.78 is 6.91. The molecule has 2 heterocycles. The zero-order valence-corrected chi connectivity index (χ0v) is 19.9. The Balaban J connectivity index is 1.46. The highest BCUT2D eigenvalue weighted by atomic mass is 32.2. The summed E-state index contributed by atoms with van der Waals surface area (Å²) in [7, 11) is 1.65. The van der Waals surface area contributed by atoms with Crippen LogP contribution < -0.4 is 10.2 Å². The molecule has 0 radical (unpaired) electrons. The van der Waals surface area contributed by atoms with Crippen LogP contribution in [0.25, 0.3) is 5.69 Å². The van der Waals surface area contributed by atoms with Crippen molar-refractivity contribution in [3.8, 4) is 5.69 Å². The van der Waals surface area contributed by atoms with Crippen LogP contribution >= 0.6 is 11.8 Å². The Kier molecular flexibility index (Phi) is 7.07. The lowest BCUT2D eigenvalue weighted by Gasteiger charge is -2.20. The summed E-state index contributed by atoms with van der Waals surface area (Å²) in [6, 6.07) is 16.5. The first-order chi connectivity index (χ1) is 16.5. The number of nitrogens with one attached hydrogen (secondary N) is 1. The van der Waals surface area contributed by atoms with Crippen LogP contribution in [0.5, 0.6) is 0 Å². The number of aryl methyl sites for hydroxylation is 2. The maximum absolute atomic E-state index is 13.0. The monoisotopic (exact) mass is 476 g/mol. The third-order valence-electron chi connectivity index (χ3n) is 5.30. The van der Waals surface area contributed by atoms with Gasteiger partial charge in [0, 0.05) is 7.05 Å². The van der Waals surface area contributed by atoms with Gasteiger partial charge in [-0.1, -0.05) is 42.1 Å². The Bertz CT molecular complexity index is 1280. The number of amides is 2. The van der Waals surface area contributed by atoms with Gasteiger partial charge in [-0.3, -0.25) is 9.59 Å². The zero-order chi connectivity index (χ0) is 24.1. The first kappa shape index (κ1) is 23.2. The molecule has 34 heavy (non-hydrogen) atoms. The molecule has 0 aliphatic carbocycles. The fraction of sp³-hybridized carbons (Fsp3) is 0.208. The van der Waals surface area contributed by atoms with Gasteiger partial charge in [0.15, 0.2) is 0 Å². The third-order valence-corrected chi connectivity index (χ3v) is 6.21. The number of nitrogens with zero attached hydrogens (tertiary/aromatic N) is 5. The minimum Gasteiger partial charge on any atom is -0.467 e. The van der Waals surface area contributed by atoms with E-state index in [1.807, 2.05) is 32.0 Å². The predicted octanol–water partition coefficient (Wildman–Crippen LogP) is 3.56. The normalized spacial score (nSPS) is 10.8. The molecule has 4 rings (SSSR count). The van der Waals surface area contributed by atoms with Gasteiger partial charge >= 0.3 is 0 Å². The van der Waals surface area contributed by atoms with Crippen molar-refractivity contribution in [2.45, 2.75) is 25.5 Å². The molecule has 2 aromatic heterocycles. The lowest BCUT2D eigenvalue weighted by Crippen LogP contribution is -2.31. The average Bonchev–Trinajstić information content (AvgIpc) is 3.53. The van der Waals surface area contributed by atoms with Gasteiger partial charge in [0.2, 0.25) is 11.1 Å². The molecule has 10 heteroatoms. The van der Waals surface area contributed by atoms with Crippen molar-refractivity contribution in [2.24, 2.45) is 0 Å². The Morgan fingerprint density at radius 1 is 1.06 bits per heavy atom. The third kappa shape index (κ3) is 5.01. The number of hydrogen-bond donors (Lipinski definition) is 1. The molecule has 2 aromatic carbocycles. The van der Waals surface area contributed by atoms with E-state index in [4.69, 9.17) is 4.42 Å². The van der Waals surface area contributed by atoms with Gasteiger partial charge in [0.1, 0.15) is 5.76 Å². The van der Waals surface area contributed by atoms with Gasteiger partial charge in [0.05, 0.1) is 35.5 Å². The van der Waals surface area contributed by atoms with E-state index in [2.05, 4.69) is 20.8 Å². The molecule has 4 aromatic rings. The molecule has 0 unspecified atom stereocenters. The van der Waals surface area contributed by atoms with E-state index in [9.17, 15) is 9.59 Å². The molecule has 0 aliphatic heterocycles. The molecule has 9 nitrogen and oxygen atoms in total. The Morgan fingerprint density at radius 2 is 1.82 bits per heavy atom. The van der Waals surface area contributed by atoms with Crippen molar-refractivity contribution in [1.29, 1.82) is 0 Å². The van der Waals surface area contributed by atoms with Crippen molar-refractivity contribution in [3.05, 3.63) is 83.3 Å². The van der Waals surface area contributed by atoms with Crippen molar-refractivity contribution in [1.82, 2.24) is 25.5 Å². The zero-order valence-electron chi connectivity index (χ0n) is 19.1. The number of rotatable bonds is 8. The maximum atomic E-state index is 13.0. The second kappa shape index (κ2) is 10.3. The van der Waals surface area contributed by atoms with Crippen molar-refractivity contribution in [2.75, 3.05) is 17.7 Å². The molecule has 0 aliphatic rings. The molecular formula is C24H24N6O3S. The first-order valence-electron chi connectivity index (χ1n) is 10.6. The number of thioether (sulfide) groups is 1. The summed E-state index contributed by atoms with van der Waals surface area (Å²) in [5.74, 6) is 0.267. The van der Waals surface area contributed by atoms with Crippen LogP contribution in [-0.2, 0) is 11.3 Å². The molecular weight excluding hydrogens is 452 g/mol. The highest BCUT2D eigenvalue weighted by Crippen LogP contribution is 2.25. The van der Waals surface area contributed by atoms with E-state index >= 15 is 0 Å². The largest absolute Gasteiger partial charge is 0.467 e. The lowest BCUT2D eigenvalue weighted by molar-refractivity contribution is -0.115. The van der Waals surface area contributed by atoms with E-state index < -0.39 is 0 Å². The quantitative estimate of drug-likeness (QED) is 0.388. The molecule has 0 bridgehead atoms. The fourth-order valence-electron chi connectivity index (χ4n) is 3.54. The van der Waals surface area contributed by atoms with Gasteiger partial charge in [-0.25, -0.2) is 0 Å². The highest BCUT2D eigenvalue weighted by molar-refractivity contribution is 7.99. The van der Waals surface area contributed by atoms with Crippen LogP contribution in [0.4, 0.5) is 5.69 Å².